The third kappa shape index (κ3) is 3.45. The number of fused-ring (bicyclic) bond motifs is 1. The van der Waals surface area contributed by atoms with E-state index in [9.17, 15) is 20.0 Å². The molecule has 3 rings (SSSR count). The quantitative estimate of drug-likeness (QED) is 0.634. The summed E-state index contributed by atoms with van der Waals surface area (Å²) < 4.78 is 5.80. The van der Waals surface area contributed by atoms with Gasteiger partial charge >= 0.3 is 0 Å². The number of nitrogens with zero attached hydrogens (tertiary/aromatic N) is 2. The summed E-state index contributed by atoms with van der Waals surface area (Å²) in [5.74, 6) is -0.0294. The van der Waals surface area contributed by atoms with Gasteiger partial charge in [0, 0.05) is 23.3 Å². The molecule has 2 aromatic rings. The third-order valence-corrected chi connectivity index (χ3v) is 4.50. The third-order valence-electron chi connectivity index (χ3n) is 4.50. The highest BCUT2D eigenvalue weighted by molar-refractivity contribution is 5.94. The number of carbonyl (C=O) groups is 1. The maximum atomic E-state index is 12.6. The van der Waals surface area contributed by atoms with Gasteiger partial charge < -0.3 is 15.2 Å². The minimum absolute atomic E-state index is 0.122. The van der Waals surface area contributed by atoms with E-state index in [2.05, 4.69) is 5.32 Å². The molecule has 8 heteroatoms. The molecule has 0 saturated heterocycles. The van der Waals surface area contributed by atoms with Crippen molar-refractivity contribution in [1.82, 2.24) is 5.32 Å². The molecule has 0 aromatic heterocycles. The number of nitro benzene ring substituents is 1. The minimum atomic E-state index is -1.07. The minimum Gasteiger partial charge on any atom is -0.485 e. The van der Waals surface area contributed by atoms with E-state index >= 15 is 0 Å². The number of aliphatic hydroxyl groups excluding tert-OH is 1. The van der Waals surface area contributed by atoms with Gasteiger partial charge in [-0.2, -0.15) is 5.26 Å². The van der Waals surface area contributed by atoms with Crippen molar-refractivity contribution in [2.24, 2.45) is 0 Å². The summed E-state index contributed by atoms with van der Waals surface area (Å²) in [6, 6.07) is 11.2. The van der Waals surface area contributed by atoms with Crippen molar-refractivity contribution >= 4 is 11.6 Å². The highest BCUT2D eigenvalue weighted by Gasteiger charge is 2.43. The van der Waals surface area contributed by atoms with Crippen LogP contribution in [0.25, 0.3) is 0 Å². The summed E-state index contributed by atoms with van der Waals surface area (Å²) in [7, 11) is 0. The van der Waals surface area contributed by atoms with E-state index in [0.29, 0.717) is 16.9 Å². The van der Waals surface area contributed by atoms with Crippen molar-refractivity contribution in [1.29, 1.82) is 5.26 Å². The summed E-state index contributed by atoms with van der Waals surface area (Å²) in [4.78, 5) is 22.8. The topological polar surface area (TPSA) is 125 Å². The second-order valence-corrected chi connectivity index (χ2v) is 6.77. The van der Waals surface area contributed by atoms with Gasteiger partial charge in [-0.3, -0.25) is 14.9 Å². The summed E-state index contributed by atoms with van der Waals surface area (Å²) in [6.07, 6.45) is -1.07. The molecule has 1 amide bonds. The van der Waals surface area contributed by atoms with Gasteiger partial charge in [0.15, 0.2) is 0 Å². The number of benzene rings is 2. The van der Waals surface area contributed by atoms with Crippen LogP contribution >= 0.6 is 0 Å². The van der Waals surface area contributed by atoms with Crippen LogP contribution in [-0.2, 0) is 0 Å². The Bertz CT molecular complexity index is 947. The van der Waals surface area contributed by atoms with E-state index in [4.69, 9.17) is 10.00 Å². The normalized spacial score (nSPS) is 19.9. The lowest BCUT2D eigenvalue weighted by Gasteiger charge is -2.42. The molecule has 138 valence electrons. The molecule has 8 nitrogen and oxygen atoms in total. The van der Waals surface area contributed by atoms with Crippen LogP contribution in [0, 0.1) is 21.4 Å². The Morgan fingerprint density at radius 2 is 1.96 bits per heavy atom. The van der Waals surface area contributed by atoms with Crippen molar-refractivity contribution in [3.05, 3.63) is 69.3 Å². The molecule has 27 heavy (non-hydrogen) atoms. The highest BCUT2D eigenvalue weighted by Crippen LogP contribution is 2.40. The van der Waals surface area contributed by atoms with Crippen molar-refractivity contribution in [2.75, 3.05) is 0 Å². The molecule has 2 atom stereocenters. The molecule has 1 heterocycles. The average molecular weight is 367 g/mol. The predicted molar refractivity (Wildman–Crippen MR) is 95.2 cm³/mol. The maximum Gasteiger partial charge on any atom is 0.269 e. The van der Waals surface area contributed by atoms with Gasteiger partial charge in [0.2, 0.25) is 0 Å². The van der Waals surface area contributed by atoms with Crippen molar-refractivity contribution in [3.63, 3.8) is 0 Å². The Hall–Kier alpha value is -3.44. The van der Waals surface area contributed by atoms with Crippen LogP contribution in [0.15, 0.2) is 42.5 Å². The Kier molecular flexibility index (Phi) is 4.56. The van der Waals surface area contributed by atoms with Gasteiger partial charge in [0.05, 0.1) is 22.6 Å². The number of nitrogens with one attached hydrogen (secondary N) is 1. The first-order valence-corrected chi connectivity index (χ1v) is 8.19. The van der Waals surface area contributed by atoms with E-state index in [-0.39, 0.29) is 11.3 Å². The fourth-order valence-corrected chi connectivity index (χ4v) is 2.98. The zero-order chi connectivity index (χ0) is 19.8. The molecule has 0 radical (unpaired) electrons. The summed E-state index contributed by atoms with van der Waals surface area (Å²) >= 11 is 0. The highest BCUT2D eigenvalue weighted by atomic mass is 16.6. The smallest absolute Gasteiger partial charge is 0.269 e. The first-order chi connectivity index (χ1) is 12.7. The number of ether oxygens (including phenoxy) is 1. The fourth-order valence-electron chi connectivity index (χ4n) is 2.98. The standard InChI is InChI=1S/C19H17N3O5/c1-19(2)17(23)16(14-9-11(10-20)3-8-15(14)27-19)21-18(24)12-4-6-13(7-5-12)22(25)26/h3-9,16-17,23H,1-2H3,(H,21,24)/t16-,17+/m0/s1. The second-order valence-electron chi connectivity index (χ2n) is 6.77. The lowest BCUT2D eigenvalue weighted by Crippen LogP contribution is -2.53. The SMILES string of the molecule is CC1(C)Oc2ccc(C#N)cc2[C@H](NC(=O)c2ccc([N+](=O)[O-])cc2)[C@H]1O. The molecule has 1 aliphatic heterocycles. The zero-order valence-corrected chi connectivity index (χ0v) is 14.7. The molecular weight excluding hydrogens is 350 g/mol. The number of rotatable bonds is 3. The van der Waals surface area contributed by atoms with Gasteiger partial charge in [-0.1, -0.05) is 0 Å². The second kappa shape index (κ2) is 6.70. The fraction of sp³-hybridized carbons (Fsp3) is 0.263. The predicted octanol–water partition coefficient (Wildman–Crippen LogP) is 2.47. The Morgan fingerprint density at radius 1 is 1.30 bits per heavy atom. The van der Waals surface area contributed by atoms with Crippen molar-refractivity contribution in [2.45, 2.75) is 31.6 Å². The molecule has 0 spiro atoms. The van der Waals surface area contributed by atoms with Crippen molar-refractivity contribution < 1.29 is 19.6 Å². The molecule has 0 aliphatic carbocycles. The number of non-ortho nitro benzene ring substituents is 1. The van der Waals surface area contributed by atoms with Crippen LogP contribution in [0.3, 0.4) is 0 Å². The number of hydrogen-bond donors (Lipinski definition) is 2. The van der Waals surface area contributed by atoms with E-state index < -0.39 is 28.6 Å². The Labute approximate surface area is 155 Å². The Balaban J connectivity index is 1.94. The monoisotopic (exact) mass is 367 g/mol. The molecular formula is C19H17N3O5. The first kappa shape index (κ1) is 18.4. The van der Waals surface area contributed by atoms with Crippen LogP contribution in [-0.4, -0.2) is 27.6 Å². The number of nitro groups is 1. The van der Waals surface area contributed by atoms with E-state index in [1.807, 2.05) is 6.07 Å². The van der Waals surface area contributed by atoms with Crippen LogP contribution in [0.1, 0.15) is 41.4 Å². The molecule has 0 bridgehead atoms. The number of amides is 1. The molecule has 0 unspecified atom stereocenters. The Morgan fingerprint density at radius 3 is 2.56 bits per heavy atom. The number of carbonyl (C=O) groups excluding carboxylic acids is 1. The largest absolute Gasteiger partial charge is 0.485 e. The van der Waals surface area contributed by atoms with Crippen LogP contribution < -0.4 is 10.1 Å². The number of aliphatic hydroxyl groups is 1. The molecule has 0 saturated carbocycles. The van der Waals surface area contributed by atoms with Gasteiger partial charge in [0.1, 0.15) is 17.5 Å². The van der Waals surface area contributed by atoms with Gasteiger partial charge in [0.25, 0.3) is 11.6 Å². The number of nitriles is 1. The van der Waals surface area contributed by atoms with E-state index in [0.717, 1.165) is 0 Å². The van der Waals surface area contributed by atoms with Crippen molar-refractivity contribution in [3.8, 4) is 11.8 Å². The molecule has 2 aromatic carbocycles. The zero-order valence-electron chi connectivity index (χ0n) is 14.7. The van der Waals surface area contributed by atoms with Crippen LogP contribution in [0.4, 0.5) is 5.69 Å². The van der Waals surface area contributed by atoms with E-state index in [1.54, 1.807) is 32.0 Å². The maximum absolute atomic E-state index is 12.6. The average Bonchev–Trinajstić information content (AvgIpc) is 2.64. The van der Waals surface area contributed by atoms with Gasteiger partial charge in [-0.05, 0) is 44.2 Å². The molecule has 1 aliphatic rings. The van der Waals surface area contributed by atoms with Crippen LogP contribution in [0.5, 0.6) is 5.75 Å². The summed E-state index contributed by atoms with van der Waals surface area (Å²) in [5.41, 5.74) is 0.00190. The molecule has 0 fully saturated rings. The first-order valence-electron chi connectivity index (χ1n) is 8.19. The summed E-state index contributed by atoms with van der Waals surface area (Å²) in [6.45, 7) is 3.40. The summed E-state index contributed by atoms with van der Waals surface area (Å²) in [5, 5.41) is 33.3. The lowest BCUT2D eigenvalue weighted by molar-refractivity contribution is -0.384. The number of hydrogen-bond acceptors (Lipinski definition) is 6. The van der Waals surface area contributed by atoms with Gasteiger partial charge in [-0.15, -0.1) is 0 Å². The van der Waals surface area contributed by atoms with E-state index in [1.165, 1.54) is 24.3 Å². The van der Waals surface area contributed by atoms with Crippen LogP contribution in [0.2, 0.25) is 0 Å². The van der Waals surface area contributed by atoms with Gasteiger partial charge in [-0.25, -0.2) is 0 Å². The lowest BCUT2D eigenvalue weighted by atomic mass is 9.85. The molecule has 2 N–H and O–H groups in total.